The molecule has 2 aromatic carbocycles. The first-order chi connectivity index (χ1) is 18.8. The number of ether oxygens (including phenoxy) is 2. The van der Waals surface area contributed by atoms with Gasteiger partial charge in [-0.15, -0.1) is 0 Å². The van der Waals surface area contributed by atoms with Gasteiger partial charge < -0.3 is 30.1 Å². The minimum absolute atomic E-state index is 0.0101. The van der Waals surface area contributed by atoms with Crippen LogP contribution < -0.4 is 10.6 Å². The summed E-state index contributed by atoms with van der Waals surface area (Å²) in [5, 5.41) is 15.1. The first kappa shape index (κ1) is 32.1. The molecular weight excluding hydrogens is 514 g/mol. The minimum Gasteiger partial charge on any atom is -0.508 e. The van der Waals surface area contributed by atoms with E-state index < -0.39 is 41.6 Å². The van der Waals surface area contributed by atoms with Gasteiger partial charge in [0.15, 0.2) is 0 Å². The fourth-order valence-corrected chi connectivity index (χ4v) is 4.11. The van der Waals surface area contributed by atoms with Crippen molar-refractivity contribution in [2.24, 2.45) is 0 Å². The number of aromatic hydroxyl groups is 1. The molecular formula is C30H41N3O7. The molecule has 0 radical (unpaired) electrons. The molecule has 0 spiro atoms. The summed E-state index contributed by atoms with van der Waals surface area (Å²) < 4.78 is 10.3. The van der Waals surface area contributed by atoms with E-state index in [0.717, 1.165) is 5.56 Å². The van der Waals surface area contributed by atoms with Gasteiger partial charge in [-0.05, 0) is 64.8 Å². The average Bonchev–Trinajstić information content (AvgIpc) is 2.86. The second-order valence-electron chi connectivity index (χ2n) is 10.4. The van der Waals surface area contributed by atoms with Crippen molar-refractivity contribution in [1.29, 1.82) is 0 Å². The van der Waals surface area contributed by atoms with Gasteiger partial charge >= 0.3 is 12.1 Å². The number of carbonyl (C=O) groups is 4. The number of phenolic OH excluding ortho intramolecular Hbond substituents is 1. The van der Waals surface area contributed by atoms with E-state index in [0.29, 0.717) is 11.1 Å². The topological polar surface area (TPSA) is 134 Å². The predicted molar refractivity (Wildman–Crippen MR) is 151 cm³/mol. The highest BCUT2D eigenvalue weighted by Gasteiger charge is 2.35. The molecule has 0 aliphatic rings. The molecule has 0 heterocycles. The van der Waals surface area contributed by atoms with Crippen LogP contribution in [-0.4, -0.2) is 65.2 Å². The summed E-state index contributed by atoms with van der Waals surface area (Å²) in [7, 11) is 0. The van der Waals surface area contributed by atoms with Crippen molar-refractivity contribution in [2.45, 2.75) is 72.1 Å². The number of hydrogen-bond acceptors (Lipinski definition) is 7. The van der Waals surface area contributed by atoms with Crippen molar-refractivity contribution >= 4 is 23.9 Å². The molecule has 0 aliphatic heterocycles. The summed E-state index contributed by atoms with van der Waals surface area (Å²) in [6.07, 6.45) is -0.685. The maximum atomic E-state index is 14.1. The lowest BCUT2D eigenvalue weighted by atomic mass is 9.99. The molecule has 10 nitrogen and oxygen atoms in total. The monoisotopic (exact) mass is 555 g/mol. The highest BCUT2D eigenvalue weighted by Crippen LogP contribution is 2.24. The molecule has 0 saturated heterocycles. The maximum Gasteiger partial charge on any atom is 0.408 e. The van der Waals surface area contributed by atoms with E-state index in [-0.39, 0.29) is 38.3 Å². The molecule has 3 N–H and O–H groups in total. The van der Waals surface area contributed by atoms with Crippen LogP contribution in [0, 0.1) is 6.92 Å². The second-order valence-corrected chi connectivity index (χ2v) is 10.4. The van der Waals surface area contributed by atoms with Crippen molar-refractivity contribution in [3.05, 3.63) is 65.2 Å². The number of nitrogens with zero attached hydrogens (tertiary/aromatic N) is 1. The summed E-state index contributed by atoms with van der Waals surface area (Å²) in [4.78, 5) is 53.5. The molecule has 2 rings (SSSR count). The molecule has 2 aromatic rings. The van der Waals surface area contributed by atoms with Gasteiger partial charge in [-0.3, -0.25) is 14.4 Å². The third-order valence-corrected chi connectivity index (χ3v) is 5.84. The Kier molecular flexibility index (Phi) is 12.0. The summed E-state index contributed by atoms with van der Waals surface area (Å²) >= 11 is 0. The van der Waals surface area contributed by atoms with Gasteiger partial charge in [0.1, 0.15) is 23.4 Å². The fraction of sp³-hybridized carbons (Fsp3) is 0.467. The van der Waals surface area contributed by atoms with Crippen LogP contribution in [0.25, 0.3) is 0 Å². The van der Waals surface area contributed by atoms with E-state index in [1.807, 2.05) is 19.1 Å². The summed E-state index contributed by atoms with van der Waals surface area (Å²) in [5.74, 6) is -1.33. The van der Waals surface area contributed by atoms with Crippen LogP contribution >= 0.6 is 0 Å². The van der Waals surface area contributed by atoms with Gasteiger partial charge in [-0.2, -0.15) is 0 Å². The van der Waals surface area contributed by atoms with E-state index in [1.165, 1.54) is 17.0 Å². The van der Waals surface area contributed by atoms with Crippen LogP contribution in [0.5, 0.6) is 5.75 Å². The highest BCUT2D eigenvalue weighted by atomic mass is 16.6. The van der Waals surface area contributed by atoms with Crippen molar-refractivity contribution in [3.63, 3.8) is 0 Å². The van der Waals surface area contributed by atoms with Gasteiger partial charge in [0.05, 0.1) is 13.0 Å². The molecule has 0 fully saturated rings. The van der Waals surface area contributed by atoms with Crippen LogP contribution in [0.4, 0.5) is 4.79 Å². The first-order valence-electron chi connectivity index (χ1n) is 13.4. The lowest BCUT2D eigenvalue weighted by Gasteiger charge is -2.34. The Hall–Kier alpha value is -4.08. The van der Waals surface area contributed by atoms with Gasteiger partial charge in [0.2, 0.25) is 11.8 Å². The lowest BCUT2D eigenvalue weighted by Crippen LogP contribution is -2.53. The number of benzene rings is 2. The third kappa shape index (κ3) is 10.2. The quantitative estimate of drug-likeness (QED) is 0.339. The van der Waals surface area contributed by atoms with Crippen LogP contribution in [0.3, 0.4) is 0 Å². The molecule has 0 aliphatic carbocycles. The Morgan fingerprint density at radius 1 is 1.02 bits per heavy atom. The smallest absolute Gasteiger partial charge is 0.408 e. The van der Waals surface area contributed by atoms with Crippen molar-refractivity contribution < 1.29 is 33.8 Å². The molecule has 0 aromatic heterocycles. The van der Waals surface area contributed by atoms with Gasteiger partial charge in [0.25, 0.3) is 0 Å². The van der Waals surface area contributed by atoms with Gasteiger partial charge in [-0.25, -0.2) is 4.79 Å². The largest absolute Gasteiger partial charge is 0.508 e. The average molecular weight is 556 g/mol. The van der Waals surface area contributed by atoms with Crippen LogP contribution in [0.15, 0.2) is 48.5 Å². The van der Waals surface area contributed by atoms with E-state index >= 15 is 0 Å². The highest BCUT2D eigenvalue weighted by molar-refractivity contribution is 5.92. The van der Waals surface area contributed by atoms with Crippen molar-refractivity contribution in [1.82, 2.24) is 15.5 Å². The Morgan fingerprint density at radius 2 is 1.70 bits per heavy atom. The Bertz CT molecular complexity index is 1160. The molecule has 3 amide bonds. The number of esters is 1. The van der Waals surface area contributed by atoms with Crippen LogP contribution in [-0.2, 0) is 30.3 Å². The zero-order valence-corrected chi connectivity index (χ0v) is 24.2. The van der Waals surface area contributed by atoms with Crippen molar-refractivity contribution in [3.8, 4) is 5.75 Å². The molecule has 0 saturated carbocycles. The standard InChI is InChI=1S/C30H41N3O7/c1-7-33(26(22-11-9-10-20(3)18-22)27(36)31-17-16-25(35)39-8-2)28(37)24(32-29(38)40-30(4,5)6)19-21-12-14-23(34)15-13-21/h9-15,18,24,26,34H,7-8,16-17,19H2,1-6H3,(H,31,36)(H,32,38). The minimum atomic E-state index is -1.07. The number of alkyl carbamates (subject to hydrolysis) is 1. The first-order valence-corrected chi connectivity index (χ1v) is 13.4. The Morgan fingerprint density at radius 3 is 2.27 bits per heavy atom. The molecule has 0 bridgehead atoms. The number of likely N-dealkylation sites (N-methyl/N-ethyl adjacent to an activating group) is 1. The Labute approximate surface area is 236 Å². The normalized spacial score (nSPS) is 12.6. The fourth-order valence-electron chi connectivity index (χ4n) is 4.11. The maximum absolute atomic E-state index is 14.1. The van der Waals surface area contributed by atoms with Crippen LogP contribution in [0.2, 0.25) is 0 Å². The SMILES string of the molecule is CCOC(=O)CCNC(=O)C(c1cccc(C)c1)N(CC)C(=O)C(Cc1ccc(O)cc1)NC(=O)OC(C)(C)C. The molecule has 40 heavy (non-hydrogen) atoms. The third-order valence-electron chi connectivity index (χ3n) is 5.84. The number of hydrogen-bond donors (Lipinski definition) is 3. The van der Waals surface area contributed by atoms with E-state index in [2.05, 4.69) is 10.6 Å². The van der Waals surface area contributed by atoms with E-state index in [9.17, 15) is 24.3 Å². The number of phenols is 1. The van der Waals surface area contributed by atoms with Crippen molar-refractivity contribution in [2.75, 3.05) is 19.7 Å². The number of aryl methyl sites for hydroxylation is 1. The molecule has 2 unspecified atom stereocenters. The lowest BCUT2D eigenvalue weighted by molar-refractivity contribution is -0.144. The zero-order valence-electron chi connectivity index (χ0n) is 24.2. The number of carbonyl (C=O) groups excluding carboxylic acids is 4. The molecule has 218 valence electrons. The number of rotatable bonds is 12. The molecule has 2 atom stereocenters. The number of amides is 3. The van der Waals surface area contributed by atoms with E-state index in [1.54, 1.807) is 58.9 Å². The second kappa shape index (κ2) is 14.9. The summed E-state index contributed by atoms with van der Waals surface area (Å²) in [6, 6.07) is 11.5. The van der Waals surface area contributed by atoms with Gasteiger partial charge in [0, 0.05) is 19.5 Å². The van der Waals surface area contributed by atoms with E-state index in [4.69, 9.17) is 9.47 Å². The Balaban J connectivity index is 2.41. The molecule has 10 heteroatoms. The predicted octanol–water partition coefficient (Wildman–Crippen LogP) is 3.80. The zero-order chi connectivity index (χ0) is 29.9. The van der Waals surface area contributed by atoms with Gasteiger partial charge in [-0.1, -0.05) is 42.0 Å². The summed E-state index contributed by atoms with van der Waals surface area (Å²) in [5.41, 5.74) is 1.39. The number of nitrogens with one attached hydrogen (secondary N) is 2. The summed E-state index contributed by atoms with van der Waals surface area (Å²) in [6.45, 7) is 10.9. The van der Waals surface area contributed by atoms with Crippen LogP contribution in [0.1, 0.15) is 63.8 Å².